The molecule has 2 amide bonds. The molecular formula is C25H25ClN4O3S. The molecule has 1 aliphatic rings. The second-order valence-corrected chi connectivity index (χ2v) is 10.9. The van der Waals surface area contributed by atoms with Crippen molar-refractivity contribution < 1.29 is 13.2 Å². The van der Waals surface area contributed by atoms with E-state index in [0.29, 0.717) is 22.9 Å². The molecule has 7 nitrogen and oxygen atoms in total. The summed E-state index contributed by atoms with van der Waals surface area (Å²) >= 11 is 6.08. The van der Waals surface area contributed by atoms with Crippen molar-refractivity contribution >= 4 is 44.7 Å². The minimum absolute atomic E-state index is 0.337. The lowest BCUT2D eigenvalue weighted by Crippen LogP contribution is -2.38. The first kappa shape index (κ1) is 23.8. The van der Waals surface area contributed by atoms with Gasteiger partial charge in [0.2, 0.25) is 10.0 Å². The normalized spacial score (nSPS) is 17.9. The van der Waals surface area contributed by atoms with Crippen molar-refractivity contribution in [3.63, 3.8) is 0 Å². The van der Waals surface area contributed by atoms with Crippen LogP contribution in [0.4, 0.5) is 16.2 Å². The lowest BCUT2D eigenvalue weighted by molar-refractivity contribution is 0.214. The van der Waals surface area contributed by atoms with Gasteiger partial charge in [-0.25, -0.2) is 18.2 Å². The largest absolute Gasteiger partial charge is 0.342 e. The molecule has 0 aromatic heterocycles. The van der Waals surface area contributed by atoms with E-state index in [1.54, 1.807) is 36.4 Å². The molecule has 4 rings (SSSR count). The minimum Gasteiger partial charge on any atom is -0.306 e. The molecule has 9 heteroatoms. The van der Waals surface area contributed by atoms with E-state index in [-0.39, 0.29) is 0 Å². The summed E-state index contributed by atoms with van der Waals surface area (Å²) in [5.41, 5.74) is 3.05. The molecule has 1 atom stereocenters. The number of halogens is 1. The molecule has 1 N–H and O–H groups in total. The second-order valence-electron chi connectivity index (χ2n) is 8.42. The monoisotopic (exact) mass is 496 g/mol. The SMILES string of the molecule is CN(c1cccc(NC(=O)N2CC(C)(c3ccccc3)C(c3ccc(Cl)cc3)=N2)c1)S(C)(=O)=O. The third-order valence-electron chi connectivity index (χ3n) is 5.93. The standard InChI is InChI=1S/C25H25ClN4O3S/c1-25(19-8-5-4-6-9-19)17-30(28-23(25)18-12-14-20(26)15-13-18)24(31)27-21-10-7-11-22(16-21)29(2)34(3,32)33/h4-16H,17H2,1-3H3,(H,27,31). The summed E-state index contributed by atoms with van der Waals surface area (Å²) in [6.45, 7) is 2.40. The van der Waals surface area contributed by atoms with Crippen LogP contribution < -0.4 is 9.62 Å². The molecule has 1 aliphatic heterocycles. The highest BCUT2D eigenvalue weighted by atomic mass is 35.5. The number of urea groups is 1. The molecule has 0 bridgehead atoms. The van der Waals surface area contributed by atoms with Gasteiger partial charge in [0.05, 0.1) is 29.6 Å². The van der Waals surface area contributed by atoms with Crippen molar-refractivity contribution in [2.45, 2.75) is 12.3 Å². The van der Waals surface area contributed by atoms with Crippen LogP contribution in [0.15, 0.2) is 84.0 Å². The maximum absolute atomic E-state index is 13.2. The fourth-order valence-electron chi connectivity index (χ4n) is 3.94. The number of rotatable bonds is 5. The van der Waals surface area contributed by atoms with E-state index in [2.05, 4.69) is 12.2 Å². The predicted octanol–water partition coefficient (Wildman–Crippen LogP) is 4.95. The first-order chi connectivity index (χ1) is 16.1. The molecule has 0 aliphatic carbocycles. The van der Waals surface area contributed by atoms with Gasteiger partial charge in [-0.2, -0.15) is 5.10 Å². The van der Waals surface area contributed by atoms with Crippen LogP contribution in [-0.4, -0.2) is 45.0 Å². The van der Waals surface area contributed by atoms with E-state index in [4.69, 9.17) is 16.7 Å². The zero-order valence-corrected chi connectivity index (χ0v) is 20.6. The zero-order chi connectivity index (χ0) is 24.5. The van der Waals surface area contributed by atoms with Crippen molar-refractivity contribution in [1.82, 2.24) is 5.01 Å². The first-order valence-electron chi connectivity index (χ1n) is 10.6. The number of carbonyl (C=O) groups excluding carboxylic acids is 1. The molecule has 1 heterocycles. The maximum atomic E-state index is 13.2. The van der Waals surface area contributed by atoms with E-state index in [9.17, 15) is 13.2 Å². The van der Waals surface area contributed by atoms with Gasteiger partial charge in [-0.1, -0.05) is 60.1 Å². The number of nitrogens with one attached hydrogen (secondary N) is 1. The van der Waals surface area contributed by atoms with Gasteiger partial charge in [-0.05, 0) is 48.4 Å². The number of sulfonamides is 1. The number of nitrogens with zero attached hydrogens (tertiary/aromatic N) is 3. The van der Waals surface area contributed by atoms with Gasteiger partial charge in [0.1, 0.15) is 0 Å². The third-order valence-corrected chi connectivity index (χ3v) is 7.39. The average molecular weight is 497 g/mol. The summed E-state index contributed by atoms with van der Waals surface area (Å²) in [5, 5.41) is 9.57. The summed E-state index contributed by atoms with van der Waals surface area (Å²) in [6.07, 6.45) is 1.12. The van der Waals surface area contributed by atoms with E-state index in [1.807, 2.05) is 42.5 Å². The third kappa shape index (κ3) is 4.78. The Hall–Kier alpha value is -3.36. The Morgan fingerprint density at radius 2 is 1.74 bits per heavy atom. The number of hydrogen-bond donors (Lipinski definition) is 1. The number of hydrazone groups is 1. The number of amides is 2. The van der Waals surface area contributed by atoms with Gasteiger partial charge < -0.3 is 5.32 Å². The first-order valence-corrected chi connectivity index (χ1v) is 12.8. The summed E-state index contributed by atoms with van der Waals surface area (Å²) in [6, 6.07) is 23.6. The Bertz CT molecular complexity index is 1340. The van der Waals surface area contributed by atoms with E-state index in [0.717, 1.165) is 27.4 Å². The van der Waals surface area contributed by atoms with Crippen molar-refractivity contribution in [1.29, 1.82) is 0 Å². The smallest absolute Gasteiger partial charge is 0.306 e. The highest BCUT2D eigenvalue weighted by Crippen LogP contribution is 2.35. The van der Waals surface area contributed by atoms with Crippen LogP contribution in [0.2, 0.25) is 5.02 Å². The van der Waals surface area contributed by atoms with Crippen LogP contribution in [0, 0.1) is 0 Å². The lowest BCUT2D eigenvalue weighted by Gasteiger charge is -2.27. The topological polar surface area (TPSA) is 82.1 Å². The van der Waals surface area contributed by atoms with Gasteiger partial charge in [0.15, 0.2) is 0 Å². The van der Waals surface area contributed by atoms with Gasteiger partial charge in [-0.3, -0.25) is 4.31 Å². The summed E-state index contributed by atoms with van der Waals surface area (Å²) < 4.78 is 24.9. The fraction of sp³-hybridized carbons (Fsp3) is 0.200. The summed E-state index contributed by atoms with van der Waals surface area (Å²) in [7, 11) is -1.96. The molecule has 3 aromatic carbocycles. The van der Waals surface area contributed by atoms with Gasteiger partial charge >= 0.3 is 6.03 Å². The fourth-order valence-corrected chi connectivity index (χ4v) is 4.56. The van der Waals surface area contributed by atoms with Crippen LogP contribution in [0.25, 0.3) is 0 Å². The van der Waals surface area contributed by atoms with E-state index in [1.165, 1.54) is 12.1 Å². The molecular weight excluding hydrogens is 472 g/mol. The molecule has 1 unspecified atom stereocenters. The maximum Gasteiger partial charge on any atom is 0.342 e. The van der Waals surface area contributed by atoms with Crippen molar-refractivity contribution in [2.24, 2.45) is 5.10 Å². The van der Waals surface area contributed by atoms with Gasteiger partial charge in [0.25, 0.3) is 0 Å². The molecule has 0 saturated carbocycles. The molecule has 0 saturated heterocycles. The van der Waals surface area contributed by atoms with Crippen molar-refractivity contribution in [3.05, 3.63) is 95.0 Å². The van der Waals surface area contributed by atoms with Crippen LogP contribution in [0.3, 0.4) is 0 Å². The quantitative estimate of drug-likeness (QED) is 0.542. The Balaban J connectivity index is 1.64. The van der Waals surface area contributed by atoms with Crippen LogP contribution in [-0.2, 0) is 15.4 Å². The number of benzene rings is 3. The van der Waals surface area contributed by atoms with E-state index < -0.39 is 21.5 Å². The Kier molecular flexibility index (Phi) is 6.38. The molecule has 34 heavy (non-hydrogen) atoms. The summed E-state index contributed by atoms with van der Waals surface area (Å²) in [4.78, 5) is 13.2. The zero-order valence-electron chi connectivity index (χ0n) is 19.1. The second kappa shape index (κ2) is 9.12. The lowest BCUT2D eigenvalue weighted by atomic mass is 9.76. The Labute approximate surface area is 204 Å². The number of anilines is 2. The van der Waals surface area contributed by atoms with Crippen LogP contribution in [0.5, 0.6) is 0 Å². The predicted molar refractivity (Wildman–Crippen MR) is 137 cm³/mol. The molecule has 0 radical (unpaired) electrons. The van der Waals surface area contributed by atoms with Crippen molar-refractivity contribution in [2.75, 3.05) is 29.5 Å². The highest BCUT2D eigenvalue weighted by molar-refractivity contribution is 7.92. The van der Waals surface area contributed by atoms with Crippen molar-refractivity contribution in [3.8, 4) is 0 Å². The Morgan fingerprint density at radius 1 is 1.06 bits per heavy atom. The summed E-state index contributed by atoms with van der Waals surface area (Å²) in [5.74, 6) is 0. The highest BCUT2D eigenvalue weighted by Gasteiger charge is 2.42. The molecule has 3 aromatic rings. The minimum atomic E-state index is -3.42. The van der Waals surface area contributed by atoms with Gasteiger partial charge in [0, 0.05) is 17.8 Å². The number of carbonyl (C=O) groups is 1. The van der Waals surface area contributed by atoms with Crippen LogP contribution >= 0.6 is 11.6 Å². The molecule has 0 fully saturated rings. The molecule has 176 valence electrons. The van der Waals surface area contributed by atoms with E-state index >= 15 is 0 Å². The molecule has 0 spiro atoms. The number of hydrogen-bond acceptors (Lipinski definition) is 4. The Morgan fingerprint density at radius 3 is 2.38 bits per heavy atom. The van der Waals surface area contributed by atoms with Crippen LogP contribution in [0.1, 0.15) is 18.1 Å². The average Bonchev–Trinajstić information content (AvgIpc) is 3.18. The van der Waals surface area contributed by atoms with Gasteiger partial charge in [-0.15, -0.1) is 0 Å².